The van der Waals surface area contributed by atoms with Crippen LogP contribution < -0.4 is 0 Å². The van der Waals surface area contributed by atoms with Gasteiger partial charge in [0.1, 0.15) is 37.1 Å². The molecule has 1 heterocycles. The molecule has 12 heteroatoms. The maximum absolute atomic E-state index is 12.5. The van der Waals surface area contributed by atoms with E-state index in [0.717, 1.165) is 24.8 Å². The van der Waals surface area contributed by atoms with Crippen molar-refractivity contribution in [2.45, 2.75) is 145 Å². The van der Waals surface area contributed by atoms with E-state index in [-0.39, 0.29) is 17.9 Å². The molecule has 1 aromatic rings. The van der Waals surface area contributed by atoms with Crippen molar-refractivity contribution in [1.29, 1.82) is 0 Å². The molecular weight excluding hydrogens is 592 g/mol. The van der Waals surface area contributed by atoms with Gasteiger partial charge in [0.25, 0.3) is 10.1 Å². The Morgan fingerprint density at radius 2 is 1.39 bits per heavy atom. The van der Waals surface area contributed by atoms with Gasteiger partial charge in [-0.05, 0) is 25.5 Å². The van der Waals surface area contributed by atoms with Gasteiger partial charge in [0.15, 0.2) is 6.29 Å². The van der Waals surface area contributed by atoms with Crippen LogP contribution in [0.25, 0.3) is 0 Å². The van der Waals surface area contributed by atoms with Crippen LogP contribution in [0.1, 0.15) is 102 Å². The van der Waals surface area contributed by atoms with E-state index in [4.69, 9.17) is 18.4 Å². The standard InChI is InChI=1S/C32H54O11S/c1-3-4-5-6-7-8-9-10-11-12-13-14-15-16-28(34)40-22-25(21-33)42-32-31(37)30(36)29(35)27(43-32)23-41-44(38,39)26-19-17-24(2)18-20-26/h17-20,25,27,29-33,35-37H,3-16,21-23H2,1-2H3/t25-,27+,29+,30-,31+,32+/m0/s1. The molecule has 0 aromatic heterocycles. The lowest BCUT2D eigenvalue weighted by Crippen LogP contribution is -2.60. The van der Waals surface area contributed by atoms with E-state index in [1.54, 1.807) is 19.1 Å². The number of carbonyl (C=O) groups excluding carboxylic acids is 1. The summed E-state index contributed by atoms with van der Waals surface area (Å²) < 4.78 is 46.3. The Hall–Kier alpha value is -1.64. The zero-order valence-corrected chi connectivity index (χ0v) is 27.2. The molecule has 0 radical (unpaired) electrons. The van der Waals surface area contributed by atoms with E-state index in [0.29, 0.717) is 6.42 Å². The molecule has 1 aromatic carbocycles. The Balaban J connectivity index is 1.67. The molecule has 11 nitrogen and oxygen atoms in total. The molecule has 44 heavy (non-hydrogen) atoms. The van der Waals surface area contributed by atoms with Gasteiger partial charge >= 0.3 is 5.97 Å². The fourth-order valence-electron chi connectivity index (χ4n) is 4.97. The Morgan fingerprint density at radius 3 is 1.93 bits per heavy atom. The molecule has 4 N–H and O–H groups in total. The summed E-state index contributed by atoms with van der Waals surface area (Å²) in [5.41, 5.74) is 0.857. The van der Waals surface area contributed by atoms with E-state index >= 15 is 0 Å². The molecule has 0 spiro atoms. The molecule has 6 atom stereocenters. The fraction of sp³-hybridized carbons (Fsp3) is 0.781. The third-order valence-corrected chi connectivity index (χ3v) is 9.11. The third kappa shape index (κ3) is 14.2. The van der Waals surface area contributed by atoms with Gasteiger partial charge in [-0.15, -0.1) is 0 Å². The molecule has 1 aliphatic rings. The van der Waals surface area contributed by atoms with Gasteiger partial charge < -0.3 is 34.6 Å². The van der Waals surface area contributed by atoms with Crippen molar-refractivity contribution in [3.8, 4) is 0 Å². The van der Waals surface area contributed by atoms with Crippen molar-refractivity contribution >= 4 is 16.1 Å². The summed E-state index contributed by atoms with van der Waals surface area (Å²) in [7, 11) is -4.19. The van der Waals surface area contributed by atoms with Crippen LogP contribution in [0.3, 0.4) is 0 Å². The fourth-order valence-corrected chi connectivity index (χ4v) is 5.88. The van der Waals surface area contributed by atoms with Crippen LogP contribution in [0.5, 0.6) is 0 Å². The topological polar surface area (TPSA) is 169 Å². The SMILES string of the molecule is CCCCCCCCCCCCCCCC(=O)OC[C@H](CO)O[C@@H]1O[C@H](COS(=O)(=O)c2ccc(C)cc2)[C@@H](O)[C@H](O)[C@H]1O. The lowest BCUT2D eigenvalue weighted by molar-refractivity contribution is -0.314. The Bertz CT molecular complexity index is 1020. The van der Waals surface area contributed by atoms with Crippen LogP contribution in [0.2, 0.25) is 0 Å². The van der Waals surface area contributed by atoms with Crippen LogP contribution in [-0.2, 0) is 33.3 Å². The first-order chi connectivity index (χ1) is 21.1. The first-order valence-electron chi connectivity index (χ1n) is 16.2. The van der Waals surface area contributed by atoms with E-state index in [2.05, 4.69) is 6.92 Å². The van der Waals surface area contributed by atoms with Gasteiger partial charge in [-0.2, -0.15) is 8.42 Å². The summed E-state index contributed by atoms with van der Waals surface area (Å²) >= 11 is 0. The smallest absolute Gasteiger partial charge is 0.305 e. The minimum absolute atomic E-state index is 0.0947. The molecule has 2 rings (SSSR count). The lowest BCUT2D eigenvalue weighted by atomic mass is 9.99. The first-order valence-corrected chi connectivity index (χ1v) is 17.6. The van der Waals surface area contributed by atoms with Crippen molar-refractivity contribution in [2.75, 3.05) is 19.8 Å². The van der Waals surface area contributed by atoms with Crippen molar-refractivity contribution < 1.29 is 52.0 Å². The second-order valence-electron chi connectivity index (χ2n) is 11.7. The number of aliphatic hydroxyl groups is 4. The maximum Gasteiger partial charge on any atom is 0.305 e. The number of ether oxygens (including phenoxy) is 3. The molecular formula is C32H54O11S. The van der Waals surface area contributed by atoms with Crippen LogP contribution in [0.15, 0.2) is 29.2 Å². The van der Waals surface area contributed by atoms with Crippen LogP contribution in [0.4, 0.5) is 0 Å². The monoisotopic (exact) mass is 646 g/mol. The maximum atomic E-state index is 12.5. The van der Waals surface area contributed by atoms with Gasteiger partial charge in [-0.1, -0.05) is 102 Å². The summed E-state index contributed by atoms with van der Waals surface area (Å²) in [6, 6.07) is 5.96. The highest BCUT2D eigenvalue weighted by molar-refractivity contribution is 7.86. The lowest BCUT2D eigenvalue weighted by Gasteiger charge is -2.40. The summed E-state index contributed by atoms with van der Waals surface area (Å²) in [6.45, 7) is 2.47. The van der Waals surface area contributed by atoms with Gasteiger partial charge in [0, 0.05) is 6.42 Å². The number of benzene rings is 1. The van der Waals surface area contributed by atoms with Gasteiger partial charge in [-0.3, -0.25) is 8.98 Å². The van der Waals surface area contributed by atoms with Gasteiger partial charge in [0.2, 0.25) is 0 Å². The molecule has 0 unspecified atom stereocenters. The second kappa shape index (κ2) is 21.2. The van der Waals surface area contributed by atoms with Crippen LogP contribution in [0, 0.1) is 6.92 Å². The molecule has 0 bridgehead atoms. The number of carbonyl (C=O) groups is 1. The van der Waals surface area contributed by atoms with E-state index < -0.39 is 66.1 Å². The zero-order valence-electron chi connectivity index (χ0n) is 26.3. The Labute approximate surface area is 263 Å². The minimum Gasteiger partial charge on any atom is -0.463 e. The predicted molar refractivity (Wildman–Crippen MR) is 164 cm³/mol. The summed E-state index contributed by atoms with van der Waals surface area (Å²) in [4.78, 5) is 12.1. The highest BCUT2D eigenvalue weighted by Gasteiger charge is 2.45. The van der Waals surface area contributed by atoms with E-state index in [9.17, 15) is 33.6 Å². The van der Waals surface area contributed by atoms with Crippen LogP contribution >= 0.6 is 0 Å². The number of unbranched alkanes of at least 4 members (excludes halogenated alkanes) is 12. The number of aryl methyl sites for hydroxylation is 1. The van der Waals surface area contributed by atoms with Crippen LogP contribution in [-0.4, -0.2) is 91.4 Å². The number of rotatable bonds is 23. The number of hydrogen-bond acceptors (Lipinski definition) is 11. The third-order valence-electron chi connectivity index (χ3n) is 7.81. The highest BCUT2D eigenvalue weighted by Crippen LogP contribution is 2.25. The number of hydrogen-bond donors (Lipinski definition) is 4. The average molecular weight is 647 g/mol. The number of esters is 1. The Kier molecular flexibility index (Phi) is 18.6. The summed E-state index contributed by atoms with van der Waals surface area (Å²) in [5.74, 6) is -0.441. The predicted octanol–water partition coefficient (Wildman–Crippen LogP) is 3.91. The molecule has 0 aliphatic carbocycles. The van der Waals surface area contributed by atoms with E-state index in [1.807, 2.05) is 0 Å². The van der Waals surface area contributed by atoms with Gasteiger partial charge in [0.05, 0.1) is 18.1 Å². The molecule has 0 saturated carbocycles. The average Bonchev–Trinajstić information content (AvgIpc) is 3.01. The molecule has 1 aliphatic heterocycles. The normalized spacial score (nSPS) is 23.0. The van der Waals surface area contributed by atoms with E-state index in [1.165, 1.54) is 69.9 Å². The highest BCUT2D eigenvalue weighted by atomic mass is 32.2. The zero-order chi connectivity index (χ0) is 32.4. The van der Waals surface area contributed by atoms with Crippen molar-refractivity contribution in [2.24, 2.45) is 0 Å². The molecule has 254 valence electrons. The van der Waals surface area contributed by atoms with Gasteiger partial charge in [-0.25, -0.2) is 0 Å². The van der Waals surface area contributed by atoms with Crippen molar-refractivity contribution in [3.05, 3.63) is 29.8 Å². The molecule has 1 saturated heterocycles. The second-order valence-corrected chi connectivity index (χ2v) is 13.3. The molecule has 1 fully saturated rings. The van der Waals surface area contributed by atoms with Crippen molar-refractivity contribution in [3.63, 3.8) is 0 Å². The first kappa shape index (κ1) is 38.5. The largest absolute Gasteiger partial charge is 0.463 e. The van der Waals surface area contributed by atoms with Crippen molar-refractivity contribution in [1.82, 2.24) is 0 Å². The minimum atomic E-state index is -4.19. The number of aliphatic hydroxyl groups excluding tert-OH is 4. The summed E-state index contributed by atoms with van der Waals surface area (Å²) in [6.07, 6.45) is 6.63. The molecule has 0 amide bonds. The Morgan fingerprint density at radius 1 is 0.841 bits per heavy atom. The summed E-state index contributed by atoms with van der Waals surface area (Å²) in [5, 5.41) is 40.7. The quantitative estimate of drug-likeness (QED) is 0.0773.